The van der Waals surface area contributed by atoms with Crippen molar-refractivity contribution in [2.75, 3.05) is 5.32 Å². The molecule has 0 bridgehead atoms. The van der Waals surface area contributed by atoms with E-state index in [1.165, 1.54) is 11.3 Å². The van der Waals surface area contributed by atoms with Gasteiger partial charge in [-0.3, -0.25) is 9.48 Å². The monoisotopic (exact) mass is 350 g/mol. The first-order valence-corrected chi connectivity index (χ1v) is 8.48. The van der Waals surface area contributed by atoms with E-state index in [0.717, 1.165) is 16.8 Å². The second kappa shape index (κ2) is 6.37. The summed E-state index contributed by atoms with van der Waals surface area (Å²) in [5.74, 6) is 0.536. The molecule has 1 amide bonds. The number of hydrogen-bond donors (Lipinski definition) is 1. The summed E-state index contributed by atoms with van der Waals surface area (Å²) in [6.45, 7) is 0. The quantitative estimate of drug-likeness (QED) is 0.602. The molecule has 0 saturated carbocycles. The lowest BCUT2D eigenvalue weighted by molar-refractivity contribution is 0.0998. The van der Waals surface area contributed by atoms with Crippen molar-refractivity contribution in [2.45, 2.75) is 0 Å². The van der Waals surface area contributed by atoms with Crippen molar-refractivity contribution in [1.82, 2.24) is 14.8 Å². The molecule has 0 aliphatic carbocycles. The van der Waals surface area contributed by atoms with Crippen molar-refractivity contribution in [3.05, 3.63) is 66.1 Å². The van der Waals surface area contributed by atoms with Crippen LogP contribution in [-0.4, -0.2) is 20.7 Å². The topological polar surface area (TPSA) is 73.0 Å². The summed E-state index contributed by atoms with van der Waals surface area (Å²) in [5, 5.41) is 7.67. The summed E-state index contributed by atoms with van der Waals surface area (Å²) in [6, 6.07) is 13.1. The van der Waals surface area contributed by atoms with E-state index in [9.17, 15) is 4.79 Å². The van der Waals surface area contributed by atoms with Crippen LogP contribution in [0.25, 0.3) is 22.6 Å². The first kappa shape index (κ1) is 15.3. The number of benzene rings is 1. The third kappa shape index (κ3) is 3.09. The largest absolute Gasteiger partial charge is 0.451 e. The Balaban J connectivity index is 1.56. The lowest BCUT2D eigenvalue weighted by Crippen LogP contribution is -2.10. The summed E-state index contributed by atoms with van der Waals surface area (Å²) in [7, 11) is 1.83. The predicted octanol–water partition coefficient (Wildman–Crippen LogP) is 4.06. The first-order chi connectivity index (χ1) is 12.2. The highest BCUT2D eigenvalue weighted by atomic mass is 32.1. The molecule has 0 radical (unpaired) electrons. The zero-order valence-corrected chi connectivity index (χ0v) is 14.2. The van der Waals surface area contributed by atoms with Gasteiger partial charge < -0.3 is 9.73 Å². The van der Waals surface area contributed by atoms with Crippen LogP contribution >= 0.6 is 11.3 Å². The number of anilines is 1. The summed E-state index contributed by atoms with van der Waals surface area (Å²) in [5.41, 5.74) is 4.23. The molecular weight excluding hydrogens is 336 g/mol. The number of aryl methyl sites for hydroxylation is 1. The maximum Gasteiger partial charge on any atom is 0.292 e. The van der Waals surface area contributed by atoms with Gasteiger partial charge in [-0.05, 0) is 12.1 Å². The number of amides is 1. The van der Waals surface area contributed by atoms with Crippen LogP contribution in [0.5, 0.6) is 0 Å². The Morgan fingerprint density at radius 1 is 1.16 bits per heavy atom. The molecule has 1 aromatic carbocycles. The minimum atomic E-state index is -0.309. The number of thiazole rings is 1. The number of hydrogen-bond acceptors (Lipinski definition) is 5. The molecule has 3 aromatic heterocycles. The molecular formula is C18H14N4O2S. The number of carbonyl (C=O) groups excluding carboxylic acids is 1. The highest BCUT2D eigenvalue weighted by Crippen LogP contribution is 2.31. The van der Waals surface area contributed by atoms with Gasteiger partial charge in [-0.1, -0.05) is 30.3 Å². The van der Waals surface area contributed by atoms with Gasteiger partial charge in [-0.25, -0.2) is 4.98 Å². The van der Waals surface area contributed by atoms with Crippen molar-refractivity contribution in [2.24, 2.45) is 7.05 Å². The van der Waals surface area contributed by atoms with Gasteiger partial charge in [-0.15, -0.1) is 11.3 Å². The minimum Gasteiger partial charge on any atom is -0.451 e. The third-order valence-electron chi connectivity index (χ3n) is 3.66. The Morgan fingerprint density at radius 2 is 2.00 bits per heavy atom. The molecule has 4 rings (SSSR count). The molecule has 0 spiro atoms. The molecule has 124 valence electrons. The predicted molar refractivity (Wildman–Crippen MR) is 96.4 cm³/mol. The summed E-state index contributed by atoms with van der Waals surface area (Å²) < 4.78 is 7.34. The highest BCUT2D eigenvalue weighted by molar-refractivity contribution is 7.14. The van der Waals surface area contributed by atoms with Crippen molar-refractivity contribution in [1.29, 1.82) is 0 Å². The Morgan fingerprint density at radius 3 is 2.76 bits per heavy atom. The van der Waals surface area contributed by atoms with Crippen LogP contribution in [0.2, 0.25) is 0 Å². The zero-order chi connectivity index (χ0) is 17.2. The van der Waals surface area contributed by atoms with Gasteiger partial charge in [0.2, 0.25) is 0 Å². The van der Waals surface area contributed by atoms with E-state index in [2.05, 4.69) is 15.4 Å². The molecule has 0 aliphatic rings. The molecule has 0 saturated heterocycles. The van der Waals surface area contributed by atoms with E-state index in [1.54, 1.807) is 28.5 Å². The summed E-state index contributed by atoms with van der Waals surface area (Å²) >= 11 is 1.38. The van der Waals surface area contributed by atoms with Crippen molar-refractivity contribution in [3.8, 4) is 22.6 Å². The number of rotatable bonds is 4. The van der Waals surface area contributed by atoms with Crippen LogP contribution in [0.3, 0.4) is 0 Å². The average molecular weight is 350 g/mol. The van der Waals surface area contributed by atoms with Gasteiger partial charge >= 0.3 is 0 Å². The maximum atomic E-state index is 12.5. The van der Waals surface area contributed by atoms with Crippen LogP contribution in [0.1, 0.15) is 10.6 Å². The van der Waals surface area contributed by atoms with Gasteiger partial charge in [0.1, 0.15) is 16.5 Å². The molecule has 6 nitrogen and oxygen atoms in total. The molecule has 4 aromatic rings. The van der Waals surface area contributed by atoms with Gasteiger partial charge in [0.15, 0.2) is 5.76 Å². The van der Waals surface area contributed by atoms with Crippen molar-refractivity contribution >= 4 is 22.2 Å². The fraction of sp³-hybridized carbons (Fsp3) is 0.0556. The lowest BCUT2D eigenvalue weighted by Gasteiger charge is -2.03. The average Bonchev–Trinajstić information content (AvgIpc) is 3.35. The molecule has 0 aliphatic heterocycles. The van der Waals surface area contributed by atoms with E-state index in [1.807, 2.05) is 43.6 Å². The van der Waals surface area contributed by atoms with Gasteiger partial charge in [-0.2, -0.15) is 5.10 Å². The van der Waals surface area contributed by atoms with Crippen LogP contribution in [0.15, 0.2) is 64.8 Å². The Hall–Kier alpha value is -3.19. The standard InChI is InChI=1S/C18H14N4O2S/c1-22-10-13(9-20-22)14-7-8-15(24-14)17(23)21-18-16(19-11-25-18)12-5-3-2-4-6-12/h2-11H,1H3,(H,21,23). The fourth-order valence-electron chi connectivity index (χ4n) is 2.46. The fourth-order valence-corrected chi connectivity index (χ4v) is 3.16. The van der Waals surface area contributed by atoms with Gasteiger partial charge in [0, 0.05) is 18.8 Å². The maximum absolute atomic E-state index is 12.5. The third-order valence-corrected chi connectivity index (χ3v) is 4.40. The van der Waals surface area contributed by atoms with E-state index in [-0.39, 0.29) is 11.7 Å². The highest BCUT2D eigenvalue weighted by Gasteiger charge is 2.16. The van der Waals surface area contributed by atoms with E-state index < -0.39 is 0 Å². The summed E-state index contributed by atoms with van der Waals surface area (Å²) in [6.07, 6.45) is 3.52. The zero-order valence-electron chi connectivity index (χ0n) is 13.3. The van der Waals surface area contributed by atoms with E-state index in [4.69, 9.17) is 4.42 Å². The molecule has 25 heavy (non-hydrogen) atoms. The van der Waals surface area contributed by atoms with Crippen LogP contribution in [0.4, 0.5) is 5.00 Å². The van der Waals surface area contributed by atoms with Crippen LogP contribution in [-0.2, 0) is 7.05 Å². The van der Waals surface area contributed by atoms with Crippen LogP contribution in [0, 0.1) is 0 Å². The molecule has 0 unspecified atom stereocenters. The van der Waals surface area contributed by atoms with Crippen molar-refractivity contribution < 1.29 is 9.21 Å². The first-order valence-electron chi connectivity index (χ1n) is 7.60. The molecule has 3 heterocycles. The van der Waals surface area contributed by atoms with Gasteiger partial charge in [0.05, 0.1) is 17.3 Å². The smallest absolute Gasteiger partial charge is 0.292 e. The normalized spacial score (nSPS) is 10.8. The van der Waals surface area contributed by atoms with E-state index in [0.29, 0.717) is 10.8 Å². The molecule has 7 heteroatoms. The number of nitrogens with one attached hydrogen (secondary N) is 1. The lowest BCUT2D eigenvalue weighted by atomic mass is 10.2. The number of nitrogens with zero attached hydrogens (tertiary/aromatic N) is 3. The number of furan rings is 1. The number of carbonyl (C=O) groups is 1. The molecule has 0 atom stereocenters. The Kier molecular flexibility index (Phi) is 3.91. The Bertz CT molecular complexity index is 1020. The SMILES string of the molecule is Cn1cc(-c2ccc(C(=O)Nc3scnc3-c3ccccc3)o2)cn1. The van der Waals surface area contributed by atoms with Gasteiger partial charge in [0.25, 0.3) is 5.91 Å². The van der Waals surface area contributed by atoms with E-state index >= 15 is 0 Å². The Labute approximate surface area is 147 Å². The second-order valence-electron chi connectivity index (χ2n) is 5.42. The molecule has 1 N–H and O–H groups in total. The van der Waals surface area contributed by atoms with Crippen LogP contribution < -0.4 is 5.32 Å². The van der Waals surface area contributed by atoms with Crippen molar-refractivity contribution in [3.63, 3.8) is 0 Å². The second-order valence-corrected chi connectivity index (χ2v) is 6.27. The summed E-state index contributed by atoms with van der Waals surface area (Å²) in [4.78, 5) is 16.8. The number of aromatic nitrogens is 3. The molecule has 0 fully saturated rings. The minimum absolute atomic E-state index is 0.242.